The van der Waals surface area contributed by atoms with Gasteiger partial charge < -0.3 is 0 Å². The topological polar surface area (TPSA) is 0 Å². The highest BCUT2D eigenvalue weighted by Crippen LogP contribution is 2.65. The molecule has 0 aliphatic heterocycles. The summed E-state index contributed by atoms with van der Waals surface area (Å²) in [6.07, 6.45) is 13.7. The van der Waals surface area contributed by atoms with Gasteiger partial charge in [-0.1, -0.05) is 74.9 Å². The van der Waals surface area contributed by atoms with Gasteiger partial charge in [-0.2, -0.15) is 0 Å². The Morgan fingerprint density at radius 1 is 1.03 bits per heavy atom. The monoisotopic (exact) mass is 398 g/mol. The van der Waals surface area contributed by atoms with Crippen molar-refractivity contribution in [1.82, 2.24) is 0 Å². The van der Waals surface area contributed by atoms with Crippen LogP contribution >= 0.6 is 0 Å². The highest BCUT2D eigenvalue weighted by Gasteiger charge is 2.55. The molecule has 5 atom stereocenters. The van der Waals surface area contributed by atoms with Crippen molar-refractivity contribution in [3.8, 4) is 0 Å². The van der Waals surface area contributed by atoms with Crippen molar-refractivity contribution in [2.75, 3.05) is 0 Å². The smallest absolute Gasteiger partial charge is 0.00624 e. The highest BCUT2D eigenvalue weighted by molar-refractivity contribution is 5.51. The first kappa shape index (κ1) is 20.1. The molecule has 5 rings (SSSR count). The van der Waals surface area contributed by atoms with E-state index in [2.05, 4.69) is 70.3 Å². The van der Waals surface area contributed by atoms with Crippen molar-refractivity contribution in [2.24, 2.45) is 23.2 Å². The van der Waals surface area contributed by atoms with E-state index < -0.39 is 0 Å². The van der Waals surface area contributed by atoms with Gasteiger partial charge in [0, 0.05) is 5.92 Å². The number of hydrogen-bond donors (Lipinski definition) is 0. The summed E-state index contributed by atoms with van der Waals surface area (Å²) in [4.78, 5) is 0. The standard InChI is InChI=1S/C30H38/c1-6-24-13-16-28-26-15-12-23-17-20(4)7-14-25(23)29(26)27(18-30(24,28)5)22-10-8-21(9-11-22)19(2)3/h6,8-11,17,19,24,26-28H,1,4,7,12-16,18H2,2-3,5H3. The number of allylic oxidation sites excluding steroid dienone is 6. The van der Waals surface area contributed by atoms with E-state index in [4.69, 9.17) is 0 Å². The second-order valence-corrected chi connectivity index (χ2v) is 11.0. The lowest BCUT2D eigenvalue weighted by Gasteiger charge is -2.52. The van der Waals surface area contributed by atoms with Crippen LogP contribution in [-0.2, 0) is 0 Å². The van der Waals surface area contributed by atoms with Crippen molar-refractivity contribution in [3.05, 3.63) is 83.0 Å². The Kier molecular flexibility index (Phi) is 4.96. The van der Waals surface area contributed by atoms with Crippen LogP contribution in [0, 0.1) is 23.2 Å². The maximum Gasteiger partial charge on any atom is 0.00624 e. The molecule has 0 nitrogen and oxygen atoms in total. The molecular formula is C30H38. The molecule has 5 unspecified atom stereocenters. The summed E-state index contributed by atoms with van der Waals surface area (Å²) < 4.78 is 0. The van der Waals surface area contributed by atoms with Gasteiger partial charge in [0.2, 0.25) is 0 Å². The molecule has 4 aliphatic carbocycles. The molecule has 0 amide bonds. The molecule has 0 bridgehead atoms. The first-order valence-corrected chi connectivity index (χ1v) is 12.3. The lowest BCUT2D eigenvalue weighted by molar-refractivity contribution is 0.0813. The normalized spacial score (nSPS) is 35.6. The minimum atomic E-state index is 0.400. The van der Waals surface area contributed by atoms with Crippen LogP contribution in [0.25, 0.3) is 0 Å². The predicted octanol–water partition coefficient (Wildman–Crippen LogP) is 8.50. The van der Waals surface area contributed by atoms with E-state index >= 15 is 0 Å². The molecule has 2 saturated carbocycles. The van der Waals surface area contributed by atoms with Gasteiger partial charge in [0.25, 0.3) is 0 Å². The fourth-order valence-electron chi connectivity index (χ4n) is 7.59. The molecule has 1 aromatic carbocycles. The third-order valence-electron chi connectivity index (χ3n) is 9.21. The van der Waals surface area contributed by atoms with Gasteiger partial charge in [0.15, 0.2) is 0 Å². The van der Waals surface area contributed by atoms with Gasteiger partial charge in [-0.25, -0.2) is 0 Å². The molecule has 30 heavy (non-hydrogen) atoms. The Labute approximate surface area is 183 Å². The average molecular weight is 399 g/mol. The SMILES string of the molecule is C=CC1CCC2C3CCC4=CC(=C)CCC4=C3C(c3ccc(C(C)C)cc3)CC12C. The van der Waals surface area contributed by atoms with E-state index in [1.165, 1.54) is 49.7 Å². The minimum Gasteiger partial charge on any atom is -0.103 e. The summed E-state index contributed by atoms with van der Waals surface area (Å²) in [7, 11) is 0. The van der Waals surface area contributed by atoms with Crippen molar-refractivity contribution in [3.63, 3.8) is 0 Å². The van der Waals surface area contributed by atoms with Crippen LogP contribution in [0.2, 0.25) is 0 Å². The van der Waals surface area contributed by atoms with Gasteiger partial charge in [0.1, 0.15) is 0 Å². The lowest BCUT2D eigenvalue weighted by atomic mass is 9.52. The van der Waals surface area contributed by atoms with Gasteiger partial charge in [0.05, 0.1) is 0 Å². The largest absolute Gasteiger partial charge is 0.103 e. The Hall–Kier alpha value is -1.82. The Morgan fingerprint density at radius 2 is 1.80 bits per heavy atom. The predicted molar refractivity (Wildman–Crippen MR) is 129 cm³/mol. The molecular weight excluding hydrogens is 360 g/mol. The Bertz CT molecular complexity index is 921. The maximum absolute atomic E-state index is 4.29. The van der Waals surface area contributed by atoms with Crippen LogP contribution in [0.4, 0.5) is 0 Å². The molecule has 0 heteroatoms. The zero-order valence-corrected chi connectivity index (χ0v) is 19.2. The summed E-state index contributed by atoms with van der Waals surface area (Å²) in [5.74, 6) is 3.44. The zero-order chi connectivity index (χ0) is 21.0. The summed E-state index contributed by atoms with van der Waals surface area (Å²) in [5.41, 5.74) is 9.90. The quantitative estimate of drug-likeness (QED) is 0.448. The van der Waals surface area contributed by atoms with Crippen LogP contribution in [0.15, 0.2) is 71.9 Å². The van der Waals surface area contributed by atoms with Crippen molar-refractivity contribution >= 4 is 0 Å². The fourth-order valence-corrected chi connectivity index (χ4v) is 7.59. The molecule has 0 N–H and O–H groups in total. The second-order valence-electron chi connectivity index (χ2n) is 11.0. The first-order valence-electron chi connectivity index (χ1n) is 12.3. The minimum absolute atomic E-state index is 0.400. The molecule has 0 spiro atoms. The van der Waals surface area contributed by atoms with Crippen LogP contribution in [0.1, 0.15) is 88.7 Å². The molecule has 158 valence electrons. The summed E-state index contributed by atoms with van der Waals surface area (Å²) in [5, 5.41) is 0. The van der Waals surface area contributed by atoms with E-state index in [0.29, 0.717) is 23.2 Å². The van der Waals surface area contributed by atoms with Crippen LogP contribution in [0.3, 0.4) is 0 Å². The highest BCUT2D eigenvalue weighted by atomic mass is 14.6. The molecule has 2 fully saturated rings. The van der Waals surface area contributed by atoms with E-state index in [1.807, 2.05) is 5.57 Å². The van der Waals surface area contributed by atoms with Gasteiger partial charge in [-0.15, -0.1) is 6.58 Å². The van der Waals surface area contributed by atoms with E-state index in [0.717, 1.165) is 18.3 Å². The third-order valence-corrected chi connectivity index (χ3v) is 9.21. The second kappa shape index (κ2) is 7.40. The first-order chi connectivity index (χ1) is 14.4. The average Bonchev–Trinajstić information content (AvgIpc) is 3.08. The van der Waals surface area contributed by atoms with Crippen LogP contribution in [0.5, 0.6) is 0 Å². The summed E-state index contributed by atoms with van der Waals surface area (Å²) >= 11 is 0. The van der Waals surface area contributed by atoms with E-state index in [-0.39, 0.29) is 0 Å². The number of rotatable bonds is 3. The fraction of sp³-hybridized carbons (Fsp3) is 0.533. The zero-order valence-electron chi connectivity index (χ0n) is 19.2. The van der Waals surface area contributed by atoms with E-state index in [1.54, 1.807) is 16.7 Å². The number of benzene rings is 1. The Morgan fingerprint density at radius 3 is 2.50 bits per heavy atom. The molecule has 4 aliphatic rings. The lowest BCUT2D eigenvalue weighted by Crippen LogP contribution is -2.42. The summed E-state index contributed by atoms with van der Waals surface area (Å²) in [6, 6.07) is 9.67. The molecule has 0 aromatic heterocycles. The van der Waals surface area contributed by atoms with Crippen molar-refractivity contribution < 1.29 is 0 Å². The van der Waals surface area contributed by atoms with Crippen molar-refractivity contribution in [2.45, 2.75) is 77.6 Å². The molecule has 0 radical (unpaired) electrons. The van der Waals surface area contributed by atoms with Crippen LogP contribution in [-0.4, -0.2) is 0 Å². The van der Waals surface area contributed by atoms with E-state index in [9.17, 15) is 0 Å². The molecule has 0 saturated heterocycles. The van der Waals surface area contributed by atoms with Crippen LogP contribution < -0.4 is 0 Å². The number of fused-ring (bicyclic) bond motifs is 4. The van der Waals surface area contributed by atoms with Gasteiger partial charge in [-0.05, 0) is 96.3 Å². The van der Waals surface area contributed by atoms with Gasteiger partial charge in [-0.3, -0.25) is 0 Å². The molecule has 1 aromatic rings. The number of hydrogen-bond acceptors (Lipinski definition) is 0. The van der Waals surface area contributed by atoms with Crippen molar-refractivity contribution in [1.29, 1.82) is 0 Å². The molecule has 0 heterocycles. The maximum atomic E-state index is 4.29. The summed E-state index contributed by atoms with van der Waals surface area (Å²) in [6.45, 7) is 15.7. The Balaban J connectivity index is 1.65. The third kappa shape index (κ3) is 3.02. The van der Waals surface area contributed by atoms with Gasteiger partial charge >= 0.3 is 0 Å².